The molecular weight excluding hydrogens is 495 g/mol. The molecule has 0 atom stereocenters. The molecule has 162 valence electrons. The molecule has 1 N–H and O–H groups in total. The van der Waals surface area contributed by atoms with Crippen molar-refractivity contribution < 1.29 is 13.2 Å². The van der Waals surface area contributed by atoms with Crippen LogP contribution in [-0.4, -0.2) is 29.1 Å². The smallest absolute Gasteiger partial charge is 0.266 e. The van der Waals surface area contributed by atoms with Gasteiger partial charge in [-0.05, 0) is 36.4 Å². The molecule has 0 spiro atoms. The van der Waals surface area contributed by atoms with Gasteiger partial charge in [0.15, 0.2) is 11.5 Å². The van der Waals surface area contributed by atoms with Crippen molar-refractivity contribution in [3.8, 4) is 17.1 Å². The first-order valence-electron chi connectivity index (χ1n) is 9.05. The number of carbonyl (C=O) groups is 1. The molecule has 0 aliphatic rings. The topological polar surface area (TPSA) is 94.0 Å². The van der Waals surface area contributed by atoms with E-state index in [1.54, 1.807) is 42.5 Å². The van der Waals surface area contributed by atoms with Crippen molar-refractivity contribution in [2.75, 3.05) is 0 Å². The third-order valence-electron chi connectivity index (χ3n) is 4.38. The summed E-state index contributed by atoms with van der Waals surface area (Å²) < 4.78 is 28.7. The first-order valence-corrected chi connectivity index (χ1v) is 11.7. The van der Waals surface area contributed by atoms with Crippen LogP contribution in [0.15, 0.2) is 77.8 Å². The molecule has 0 aliphatic carbocycles. The van der Waals surface area contributed by atoms with E-state index in [0.29, 0.717) is 16.3 Å². The zero-order chi connectivity index (χ0) is 22.9. The minimum Gasteiger partial charge on any atom is -0.266 e. The van der Waals surface area contributed by atoms with Crippen LogP contribution in [0.2, 0.25) is 15.1 Å². The van der Waals surface area contributed by atoms with Crippen LogP contribution in [0, 0.1) is 0 Å². The highest BCUT2D eigenvalue weighted by Gasteiger charge is 2.25. The molecule has 0 fully saturated rings. The Morgan fingerprint density at radius 3 is 2.22 bits per heavy atom. The number of rotatable bonds is 5. The van der Waals surface area contributed by atoms with E-state index in [-0.39, 0.29) is 26.5 Å². The van der Waals surface area contributed by atoms with E-state index >= 15 is 0 Å². The van der Waals surface area contributed by atoms with Crippen molar-refractivity contribution in [1.82, 2.24) is 19.5 Å². The molecule has 7 nitrogen and oxygen atoms in total. The highest BCUT2D eigenvalue weighted by Crippen LogP contribution is 2.31. The van der Waals surface area contributed by atoms with Gasteiger partial charge in [0.1, 0.15) is 4.90 Å². The summed E-state index contributed by atoms with van der Waals surface area (Å²) in [6.45, 7) is 0. The number of aromatic nitrogens is 3. The van der Waals surface area contributed by atoms with E-state index in [9.17, 15) is 13.2 Å². The van der Waals surface area contributed by atoms with Crippen LogP contribution in [-0.2, 0) is 10.0 Å². The number of nitrogens with one attached hydrogen (secondary N) is 1. The Hall–Kier alpha value is -2.91. The first kappa shape index (κ1) is 22.3. The maximum Gasteiger partial charge on any atom is 0.285 e. The van der Waals surface area contributed by atoms with Gasteiger partial charge in [-0.1, -0.05) is 65.1 Å². The predicted octanol–water partition coefficient (Wildman–Crippen LogP) is 5.01. The molecule has 0 radical (unpaired) electrons. The van der Waals surface area contributed by atoms with Gasteiger partial charge in [0.25, 0.3) is 15.9 Å². The third kappa shape index (κ3) is 4.35. The summed E-state index contributed by atoms with van der Waals surface area (Å²) in [5.41, 5.74) is 0.769. The van der Waals surface area contributed by atoms with E-state index in [1.165, 1.54) is 35.1 Å². The molecule has 0 unspecified atom stereocenters. The molecule has 0 saturated heterocycles. The number of halogens is 3. The predicted molar refractivity (Wildman–Crippen MR) is 123 cm³/mol. The maximum atomic E-state index is 12.8. The Bertz CT molecular complexity index is 1370. The minimum atomic E-state index is -4.24. The monoisotopic (exact) mass is 506 g/mol. The Balaban J connectivity index is 1.80. The lowest BCUT2D eigenvalue weighted by atomic mass is 10.1. The highest BCUT2D eigenvalue weighted by molar-refractivity contribution is 7.90. The van der Waals surface area contributed by atoms with Crippen LogP contribution in [0.3, 0.4) is 0 Å². The molecular formula is C21H13Cl3N4O3S. The number of sulfonamides is 1. The Labute approximate surface area is 198 Å². The van der Waals surface area contributed by atoms with Crippen LogP contribution in [0.4, 0.5) is 0 Å². The Kier molecular flexibility index (Phi) is 6.21. The van der Waals surface area contributed by atoms with E-state index in [2.05, 4.69) is 10.1 Å². The van der Waals surface area contributed by atoms with E-state index in [4.69, 9.17) is 34.8 Å². The molecule has 2 heterocycles. The fraction of sp³-hybridized carbons (Fsp3) is 0. The van der Waals surface area contributed by atoms with E-state index in [0.717, 1.165) is 0 Å². The number of hydrogen-bond donors (Lipinski definition) is 1. The van der Waals surface area contributed by atoms with Crippen LogP contribution in [0.5, 0.6) is 0 Å². The summed E-state index contributed by atoms with van der Waals surface area (Å²) in [4.78, 5) is 16.8. The maximum absolute atomic E-state index is 12.8. The summed E-state index contributed by atoms with van der Waals surface area (Å²) in [7, 11) is -4.24. The number of nitrogens with zero attached hydrogens (tertiary/aromatic N) is 3. The van der Waals surface area contributed by atoms with Gasteiger partial charge in [-0.2, -0.15) is 5.10 Å². The molecule has 11 heteroatoms. The quantitative estimate of drug-likeness (QED) is 0.410. The lowest BCUT2D eigenvalue weighted by Gasteiger charge is -2.09. The van der Waals surface area contributed by atoms with Crippen molar-refractivity contribution in [3.05, 3.63) is 93.7 Å². The van der Waals surface area contributed by atoms with E-state index < -0.39 is 15.9 Å². The number of hydrogen-bond acceptors (Lipinski definition) is 5. The van der Waals surface area contributed by atoms with Gasteiger partial charge >= 0.3 is 0 Å². The van der Waals surface area contributed by atoms with Gasteiger partial charge in [-0.15, -0.1) is 0 Å². The van der Waals surface area contributed by atoms with Gasteiger partial charge < -0.3 is 0 Å². The fourth-order valence-electron chi connectivity index (χ4n) is 2.94. The molecule has 0 saturated carbocycles. The number of carbonyl (C=O) groups excluding carboxylic acids is 1. The summed E-state index contributed by atoms with van der Waals surface area (Å²) in [5.74, 6) is -0.707. The second kappa shape index (κ2) is 8.91. The van der Waals surface area contributed by atoms with Crippen molar-refractivity contribution >= 4 is 50.7 Å². The average molecular weight is 508 g/mol. The summed E-state index contributed by atoms with van der Waals surface area (Å²) in [6, 6.07) is 17.4. The van der Waals surface area contributed by atoms with Crippen LogP contribution >= 0.6 is 34.8 Å². The molecule has 0 aliphatic heterocycles. The first-order chi connectivity index (χ1) is 15.3. The largest absolute Gasteiger partial charge is 0.285 e. The minimum absolute atomic E-state index is 0.0182. The zero-order valence-corrected chi connectivity index (χ0v) is 19.1. The van der Waals surface area contributed by atoms with Crippen molar-refractivity contribution in [2.24, 2.45) is 0 Å². The van der Waals surface area contributed by atoms with Crippen molar-refractivity contribution in [2.45, 2.75) is 4.90 Å². The van der Waals surface area contributed by atoms with Crippen molar-refractivity contribution in [1.29, 1.82) is 0 Å². The molecule has 4 rings (SSSR count). The molecule has 1 amide bonds. The second-order valence-electron chi connectivity index (χ2n) is 6.48. The number of amides is 1. The second-order valence-corrected chi connectivity index (χ2v) is 9.35. The van der Waals surface area contributed by atoms with Crippen LogP contribution in [0.25, 0.3) is 17.1 Å². The van der Waals surface area contributed by atoms with Crippen LogP contribution < -0.4 is 4.72 Å². The van der Waals surface area contributed by atoms with Gasteiger partial charge in [0, 0.05) is 16.8 Å². The molecule has 4 aromatic rings. The third-order valence-corrected chi connectivity index (χ3v) is 6.84. The van der Waals surface area contributed by atoms with Crippen molar-refractivity contribution in [3.63, 3.8) is 0 Å². The normalized spacial score (nSPS) is 11.3. The highest BCUT2D eigenvalue weighted by atomic mass is 35.5. The summed E-state index contributed by atoms with van der Waals surface area (Å²) in [5, 5.41) is 4.92. The zero-order valence-electron chi connectivity index (χ0n) is 16.0. The molecule has 32 heavy (non-hydrogen) atoms. The SMILES string of the molecule is O=C(NS(=O)(=O)c1ccccc1Cl)c1cc(-c2ccccc2Cl)n(-c2ncccc2Cl)n1. The van der Waals surface area contributed by atoms with Gasteiger partial charge in [0.05, 0.1) is 15.7 Å². The lowest BCUT2D eigenvalue weighted by Crippen LogP contribution is -2.31. The van der Waals surface area contributed by atoms with E-state index in [1.807, 2.05) is 4.72 Å². The Morgan fingerprint density at radius 1 is 0.875 bits per heavy atom. The Morgan fingerprint density at radius 2 is 1.53 bits per heavy atom. The summed E-state index contributed by atoms with van der Waals surface area (Å²) >= 11 is 18.6. The van der Waals surface area contributed by atoms with Crippen LogP contribution in [0.1, 0.15) is 10.5 Å². The molecule has 2 aromatic carbocycles. The fourth-order valence-corrected chi connectivity index (χ4v) is 4.86. The summed E-state index contributed by atoms with van der Waals surface area (Å²) in [6.07, 6.45) is 1.51. The lowest BCUT2D eigenvalue weighted by molar-refractivity contribution is 0.0976. The molecule has 2 aromatic heterocycles. The van der Waals surface area contributed by atoms with Gasteiger partial charge in [0.2, 0.25) is 0 Å². The van der Waals surface area contributed by atoms with Gasteiger partial charge in [-0.25, -0.2) is 22.8 Å². The number of pyridine rings is 1. The average Bonchev–Trinajstić information content (AvgIpc) is 3.19. The van der Waals surface area contributed by atoms with Gasteiger partial charge in [-0.3, -0.25) is 4.79 Å². The molecule has 0 bridgehead atoms. The standard InChI is InChI=1S/C21H13Cl3N4O3S/c22-14-7-2-1-6-13(14)18-12-17(26-28(18)20-16(24)9-5-11-25-20)21(29)27-32(30,31)19-10-4-3-8-15(19)23/h1-12H,(H,27,29). The number of benzene rings is 2.